The summed E-state index contributed by atoms with van der Waals surface area (Å²) in [5, 5.41) is 0. The van der Waals surface area contributed by atoms with Crippen LogP contribution in [-0.4, -0.2) is 12.9 Å². The van der Waals surface area contributed by atoms with Crippen molar-refractivity contribution in [3.05, 3.63) is 65.2 Å². The fourth-order valence-electron chi connectivity index (χ4n) is 1.76. The maximum Gasteiger partial charge on any atom is 0.167 e. The first-order valence-electron chi connectivity index (χ1n) is 5.72. The summed E-state index contributed by atoms with van der Waals surface area (Å²) in [5.41, 5.74) is 0.150. The average molecular weight is 262 g/mol. The highest BCUT2D eigenvalue weighted by atomic mass is 19.1. The van der Waals surface area contributed by atoms with Crippen molar-refractivity contribution in [3.8, 4) is 5.75 Å². The Morgan fingerprint density at radius 3 is 2.37 bits per heavy atom. The van der Waals surface area contributed by atoms with E-state index in [4.69, 9.17) is 4.74 Å². The molecule has 98 valence electrons. The van der Waals surface area contributed by atoms with E-state index in [9.17, 15) is 13.6 Å². The van der Waals surface area contributed by atoms with Crippen LogP contribution < -0.4 is 4.74 Å². The zero-order chi connectivity index (χ0) is 13.8. The maximum absolute atomic E-state index is 13.5. The molecule has 0 saturated heterocycles. The highest BCUT2D eigenvalue weighted by Crippen LogP contribution is 2.18. The summed E-state index contributed by atoms with van der Waals surface area (Å²) < 4.78 is 31.9. The van der Waals surface area contributed by atoms with Gasteiger partial charge in [0.25, 0.3) is 0 Å². The molecular formula is C15H12F2O2. The van der Waals surface area contributed by atoms with Crippen molar-refractivity contribution in [2.24, 2.45) is 0 Å². The molecule has 2 rings (SSSR count). The molecule has 4 heteroatoms. The molecule has 2 nitrogen and oxygen atoms in total. The van der Waals surface area contributed by atoms with Gasteiger partial charge in [0.2, 0.25) is 0 Å². The normalized spacial score (nSPS) is 10.3. The minimum atomic E-state index is -0.712. The Bertz CT molecular complexity index is 589. The van der Waals surface area contributed by atoms with Crippen LogP contribution in [0.2, 0.25) is 0 Å². The molecule has 0 atom stereocenters. The van der Waals surface area contributed by atoms with E-state index in [0.717, 1.165) is 12.1 Å². The zero-order valence-corrected chi connectivity index (χ0v) is 10.3. The number of hydrogen-bond acceptors (Lipinski definition) is 2. The highest BCUT2D eigenvalue weighted by Gasteiger charge is 2.14. The number of methoxy groups -OCH3 is 1. The third kappa shape index (κ3) is 2.96. The summed E-state index contributed by atoms with van der Waals surface area (Å²) in [5.74, 6) is -1.25. The van der Waals surface area contributed by atoms with E-state index in [1.165, 1.54) is 13.2 Å². The van der Waals surface area contributed by atoms with Gasteiger partial charge in [0.05, 0.1) is 7.11 Å². The molecule has 0 aliphatic carbocycles. The molecule has 0 fully saturated rings. The monoisotopic (exact) mass is 262 g/mol. The quantitative estimate of drug-likeness (QED) is 0.789. The molecule has 0 bridgehead atoms. The number of ketones is 1. The van der Waals surface area contributed by atoms with Gasteiger partial charge in [-0.3, -0.25) is 4.79 Å². The van der Waals surface area contributed by atoms with Crippen LogP contribution in [0.4, 0.5) is 8.78 Å². The predicted octanol–water partition coefficient (Wildman–Crippen LogP) is 3.40. The van der Waals surface area contributed by atoms with Crippen LogP contribution in [-0.2, 0) is 6.42 Å². The van der Waals surface area contributed by atoms with Gasteiger partial charge in [-0.1, -0.05) is 18.2 Å². The van der Waals surface area contributed by atoms with E-state index in [0.29, 0.717) is 11.3 Å². The number of halogens is 2. The number of carbonyl (C=O) groups is 1. The van der Waals surface area contributed by atoms with Crippen LogP contribution >= 0.6 is 0 Å². The van der Waals surface area contributed by atoms with Crippen LogP contribution in [0.25, 0.3) is 0 Å². The summed E-state index contributed by atoms with van der Waals surface area (Å²) in [6, 6.07) is 10.0. The predicted molar refractivity (Wildman–Crippen MR) is 67.4 cm³/mol. The summed E-state index contributed by atoms with van der Waals surface area (Å²) in [4.78, 5) is 12.0. The van der Waals surface area contributed by atoms with Gasteiger partial charge >= 0.3 is 0 Å². The van der Waals surface area contributed by atoms with Crippen molar-refractivity contribution in [2.75, 3.05) is 7.11 Å². The Balaban J connectivity index is 2.25. The first-order valence-corrected chi connectivity index (χ1v) is 5.72. The van der Waals surface area contributed by atoms with Crippen molar-refractivity contribution in [3.63, 3.8) is 0 Å². The van der Waals surface area contributed by atoms with Crippen molar-refractivity contribution >= 4 is 5.78 Å². The molecule has 0 spiro atoms. The molecule has 0 unspecified atom stereocenters. The second-order valence-electron chi connectivity index (χ2n) is 4.03. The molecule has 0 aliphatic heterocycles. The Morgan fingerprint density at radius 2 is 1.74 bits per heavy atom. The molecule has 0 aliphatic rings. The summed E-state index contributed by atoms with van der Waals surface area (Å²) in [7, 11) is 1.49. The van der Waals surface area contributed by atoms with Gasteiger partial charge in [0.1, 0.15) is 17.4 Å². The minimum Gasteiger partial charge on any atom is -0.497 e. The molecule has 0 amide bonds. The van der Waals surface area contributed by atoms with E-state index in [1.54, 1.807) is 24.3 Å². The maximum atomic E-state index is 13.5. The van der Waals surface area contributed by atoms with Crippen LogP contribution in [0.1, 0.15) is 15.9 Å². The molecule has 19 heavy (non-hydrogen) atoms. The largest absolute Gasteiger partial charge is 0.497 e. The number of Topliss-reactive ketones (excluding diaryl/α,β-unsaturated/α-hetero) is 1. The Labute approximate surface area is 109 Å². The smallest absolute Gasteiger partial charge is 0.167 e. The fourth-order valence-corrected chi connectivity index (χ4v) is 1.76. The fraction of sp³-hybridized carbons (Fsp3) is 0.133. The van der Waals surface area contributed by atoms with Crippen LogP contribution in [0, 0.1) is 11.6 Å². The molecule has 0 heterocycles. The first kappa shape index (κ1) is 13.2. The van der Waals surface area contributed by atoms with Crippen LogP contribution in [0.5, 0.6) is 5.75 Å². The molecule has 0 radical (unpaired) electrons. The highest BCUT2D eigenvalue weighted by molar-refractivity contribution is 5.97. The number of carbonyl (C=O) groups excluding carboxylic acids is 1. The van der Waals surface area contributed by atoms with E-state index in [2.05, 4.69) is 0 Å². The lowest BCUT2D eigenvalue weighted by Gasteiger charge is -2.06. The lowest BCUT2D eigenvalue weighted by Crippen LogP contribution is -2.07. The van der Waals surface area contributed by atoms with Gasteiger partial charge in [-0.25, -0.2) is 8.78 Å². The Kier molecular flexibility index (Phi) is 3.90. The molecule has 0 aromatic heterocycles. The van der Waals surface area contributed by atoms with Crippen molar-refractivity contribution in [2.45, 2.75) is 6.42 Å². The lowest BCUT2D eigenvalue weighted by atomic mass is 10.0. The van der Waals surface area contributed by atoms with Crippen molar-refractivity contribution in [1.29, 1.82) is 0 Å². The van der Waals surface area contributed by atoms with Crippen molar-refractivity contribution in [1.82, 2.24) is 0 Å². The van der Waals surface area contributed by atoms with Gasteiger partial charge in [-0.05, 0) is 24.3 Å². The summed E-state index contributed by atoms with van der Waals surface area (Å²) in [6.45, 7) is 0. The number of ether oxygens (including phenoxy) is 1. The third-order valence-corrected chi connectivity index (χ3v) is 2.79. The van der Waals surface area contributed by atoms with Gasteiger partial charge < -0.3 is 4.74 Å². The second-order valence-corrected chi connectivity index (χ2v) is 4.03. The number of rotatable bonds is 4. The van der Waals surface area contributed by atoms with Gasteiger partial charge in [0, 0.05) is 17.5 Å². The zero-order valence-electron chi connectivity index (χ0n) is 10.3. The number of hydrogen-bond donors (Lipinski definition) is 0. The van der Waals surface area contributed by atoms with E-state index < -0.39 is 11.6 Å². The summed E-state index contributed by atoms with van der Waals surface area (Å²) in [6.07, 6.45) is -0.314. The lowest BCUT2D eigenvalue weighted by molar-refractivity contribution is 0.0990. The topological polar surface area (TPSA) is 26.3 Å². The Morgan fingerprint density at radius 1 is 1.11 bits per heavy atom. The first-order chi connectivity index (χ1) is 9.11. The molecule has 0 N–H and O–H groups in total. The van der Waals surface area contributed by atoms with E-state index >= 15 is 0 Å². The molecule has 2 aromatic rings. The van der Waals surface area contributed by atoms with Crippen LogP contribution in [0.3, 0.4) is 0 Å². The van der Waals surface area contributed by atoms with Gasteiger partial charge in [-0.2, -0.15) is 0 Å². The average Bonchev–Trinajstić information content (AvgIpc) is 2.43. The SMILES string of the molecule is COc1cccc(C(=O)Cc2c(F)cccc2F)c1. The molecule has 0 saturated carbocycles. The minimum absolute atomic E-state index is 0.213. The summed E-state index contributed by atoms with van der Waals surface area (Å²) >= 11 is 0. The van der Waals surface area contributed by atoms with Gasteiger partial charge in [0.15, 0.2) is 5.78 Å². The molecular weight excluding hydrogens is 250 g/mol. The van der Waals surface area contributed by atoms with E-state index in [-0.39, 0.29) is 17.8 Å². The van der Waals surface area contributed by atoms with Crippen LogP contribution in [0.15, 0.2) is 42.5 Å². The van der Waals surface area contributed by atoms with Crippen molar-refractivity contribution < 1.29 is 18.3 Å². The second kappa shape index (κ2) is 5.61. The number of benzene rings is 2. The molecule has 2 aromatic carbocycles. The standard InChI is InChI=1S/C15H12F2O2/c1-19-11-5-2-4-10(8-11)15(18)9-12-13(16)6-3-7-14(12)17/h2-8H,9H2,1H3. The Hall–Kier alpha value is -2.23. The van der Waals surface area contributed by atoms with Gasteiger partial charge in [-0.15, -0.1) is 0 Å². The van der Waals surface area contributed by atoms with E-state index in [1.807, 2.05) is 0 Å². The third-order valence-electron chi connectivity index (χ3n) is 2.79.